The summed E-state index contributed by atoms with van der Waals surface area (Å²) in [5.74, 6) is 1.56. The second-order valence-electron chi connectivity index (χ2n) is 5.87. The molecule has 0 fully saturated rings. The lowest BCUT2D eigenvalue weighted by atomic mass is 9.86. The van der Waals surface area contributed by atoms with Gasteiger partial charge in [0, 0.05) is 5.88 Å². The normalized spacial score (nSPS) is 11.4. The van der Waals surface area contributed by atoms with Crippen molar-refractivity contribution in [3.05, 3.63) is 54.1 Å². The smallest absolute Gasteiger partial charge is 0.122 e. The Balaban J connectivity index is 2.39. The van der Waals surface area contributed by atoms with Crippen LogP contribution in [0.1, 0.15) is 19.4 Å². The van der Waals surface area contributed by atoms with Crippen molar-refractivity contribution in [1.82, 2.24) is 0 Å². The molecule has 0 spiro atoms. The summed E-state index contributed by atoms with van der Waals surface area (Å²) in [5.41, 5.74) is 3.70. The van der Waals surface area contributed by atoms with Crippen molar-refractivity contribution in [3.63, 3.8) is 0 Å². The van der Waals surface area contributed by atoms with Crippen molar-refractivity contribution in [3.8, 4) is 16.9 Å². The molecule has 0 saturated heterocycles. The summed E-state index contributed by atoms with van der Waals surface area (Å²) in [6.45, 7) is 4.35. The Kier molecular flexibility index (Phi) is 4.72. The molecule has 1 nitrogen and oxygen atoms in total. The molecule has 0 aromatic heterocycles. The molecule has 2 aromatic rings. The van der Waals surface area contributed by atoms with E-state index < -0.39 is 0 Å². The molecule has 0 N–H and O–H groups in total. The van der Waals surface area contributed by atoms with E-state index in [0.29, 0.717) is 5.88 Å². The van der Waals surface area contributed by atoms with E-state index in [1.807, 2.05) is 12.1 Å². The lowest BCUT2D eigenvalue weighted by Gasteiger charge is -2.23. The Labute approximate surface area is 126 Å². The largest absolute Gasteiger partial charge is 0.496 e. The van der Waals surface area contributed by atoms with Crippen LogP contribution in [0.2, 0.25) is 0 Å². The molecule has 0 saturated carbocycles. The molecule has 0 amide bonds. The van der Waals surface area contributed by atoms with Crippen molar-refractivity contribution >= 4 is 11.6 Å². The van der Waals surface area contributed by atoms with E-state index >= 15 is 0 Å². The number of methoxy groups -OCH3 is 1. The Hall–Kier alpha value is -1.47. The minimum Gasteiger partial charge on any atom is -0.496 e. The average molecular weight is 289 g/mol. The maximum absolute atomic E-state index is 6.05. The molecule has 0 atom stereocenters. The number of ether oxygens (including phenoxy) is 1. The van der Waals surface area contributed by atoms with Gasteiger partial charge in [0.1, 0.15) is 5.75 Å². The summed E-state index contributed by atoms with van der Waals surface area (Å²) in [5, 5.41) is 0. The van der Waals surface area contributed by atoms with E-state index in [1.54, 1.807) is 7.11 Å². The highest BCUT2D eigenvalue weighted by Crippen LogP contribution is 2.32. The predicted molar refractivity (Wildman–Crippen MR) is 86.6 cm³/mol. The minimum atomic E-state index is 0.0597. The Bertz CT molecular complexity index is 561. The molecule has 106 valence electrons. The highest BCUT2D eigenvalue weighted by molar-refractivity contribution is 6.18. The van der Waals surface area contributed by atoms with Gasteiger partial charge >= 0.3 is 0 Å². The summed E-state index contributed by atoms with van der Waals surface area (Å²) in [4.78, 5) is 0. The number of hydrogen-bond donors (Lipinski definition) is 0. The lowest BCUT2D eigenvalue weighted by Crippen LogP contribution is -2.17. The standard InChI is InChI=1S/C18H21ClO/c1-18(2,13-19)12-16-11-15(9-10-17(16)20-3)14-7-5-4-6-8-14/h4-11H,12-13H2,1-3H3. The van der Waals surface area contributed by atoms with Gasteiger partial charge < -0.3 is 4.74 Å². The van der Waals surface area contributed by atoms with E-state index in [0.717, 1.165) is 12.2 Å². The van der Waals surface area contributed by atoms with Gasteiger partial charge in [-0.3, -0.25) is 0 Å². The fourth-order valence-electron chi connectivity index (χ4n) is 2.29. The van der Waals surface area contributed by atoms with E-state index in [2.05, 4.69) is 50.2 Å². The van der Waals surface area contributed by atoms with Crippen LogP contribution in [0.4, 0.5) is 0 Å². The highest BCUT2D eigenvalue weighted by Gasteiger charge is 2.19. The summed E-state index contributed by atoms with van der Waals surface area (Å²) >= 11 is 6.05. The van der Waals surface area contributed by atoms with Crippen LogP contribution >= 0.6 is 11.6 Å². The molecule has 2 rings (SSSR count). The van der Waals surface area contributed by atoms with Crippen LogP contribution in [0.3, 0.4) is 0 Å². The fourth-order valence-corrected chi connectivity index (χ4v) is 2.38. The van der Waals surface area contributed by atoms with Crippen LogP contribution in [0.25, 0.3) is 11.1 Å². The van der Waals surface area contributed by atoms with Crippen LogP contribution in [-0.4, -0.2) is 13.0 Å². The van der Waals surface area contributed by atoms with Crippen molar-refractivity contribution in [2.45, 2.75) is 20.3 Å². The Morgan fingerprint density at radius 1 is 1.00 bits per heavy atom. The van der Waals surface area contributed by atoms with Gasteiger partial charge in [0.2, 0.25) is 0 Å². The second kappa shape index (κ2) is 6.32. The molecule has 2 heteroatoms. The van der Waals surface area contributed by atoms with E-state index in [-0.39, 0.29) is 5.41 Å². The zero-order valence-electron chi connectivity index (χ0n) is 12.3. The van der Waals surface area contributed by atoms with Gasteiger partial charge in [-0.2, -0.15) is 0 Å². The zero-order chi connectivity index (χ0) is 14.6. The number of halogens is 1. The highest BCUT2D eigenvalue weighted by atomic mass is 35.5. The van der Waals surface area contributed by atoms with Crippen molar-refractivity contribution < 1.29 is 4.74 Å². The first kappa shape index (κ1) is 14.9. The van der Waals surface area contributed by atoms with Crippen LogP contribution < -0.4 is 4.74 Å². The summed E-state index contributed by atoms with van der Waals surface area (Å²) in [6, 6.07) is 16.8. The van der Waals surface area contributed by atoms with Crippen molar-refractivity contribution in [1.29, 1.82) is 0 Å². The van der Waals surface area contributed by atoms with Crippen LogP contribution in [0.15, 0.2) is 48.5 Å². The maximum Gasteiger partial charge on any atom is 0.122 e. The third kappa shape index (κ3) is 3.55. The van der Waals surface area contributed by atoms with Gasteiger partial charge in [-0.05, 0) is 40.7 Å². The summed E-state index contributed by atoms with van der Waals surface area (Å²) < 4.78 is 5.48. The number of benzene rings is 2. The summed E-state index contributed by atoms with van der Waals surface area (Å²) in [6.07, 6.45) is 0.903. The zero-order valence-corrected chi connectivity index (χ0v) is 13.1. The minimum absolute atomic E-state index is 0.0597. The summed E-state index contributed by atoms with van der Waals surface area (Å²) in [7, 11) is 1.72. The van der Waals surface area contributed by atoms with Crippen molar-refractivity contribution in [2.24, 2.45) is 5.41 Å². The maximum atomic E-state index is 6.05. The van der Waals surface area contributed by atoms with Gasteiger partial charge in [-0.25, -0.2) is 0 Å². The molecule has 0 radical (unpaired) electrons. The molecular formula is C18H21ClO. The Morgan fingerprint density at radius 2 is 1.70 bits per heavy atom. The SMILES string of the molecule is COc1ccc(-c2ccccc2)cc1CC(C)(C)CCl. The second-order valence-corrected chi connectivity index (χ2v) is 6.13. The lowest BCUT2D eigenvalue weighted by molar-refractivity contribution is 0.382. The van der Waals surface area contributed by atoms with Crippen LogP contribution in [0, 0.1) is 5.41 Å². The van der Waals surface area contributed by atoms with Crippen LogP contribution in [-0.2, 0) is 6.42 Å². The first-order valence-corrected chi connectivity index (χ1v) is 7.37. The predicted octanol–water partition coefficient (Wildman–Crippen LogP) is 5.17. The van der Waals surface area contributed by atoms with Gasteiger partial charge in [0.15, 0.2) is 0 Å². The molecule has 2 aromatic carbocycles. The molecule has 0 aliphatic heterocycles. The number of rotatable bonds is 5. The van der Waals surface area contributed by atoms with E-state index in [1.165, 1.54) is 16.7 Å². The molecule has 0 heterocycles. The average Bonchev–Trinajstić information content (AvgIpc) is 2.48. The third-order valence-electron chi connectivity index (χ3n) is 3.42. The molecular weight excluding hydrogens is 268 g/mol. The van der Waals surface area contributed by atoms with Gasteiger partial charge in [-0.1, -0.05) is 50.2 Å². The Morgan fingerprint density at radius 3 is 2.30 bits per heavy atom. The van der Waals surface area contributed by atoms with Crippen LogP contribution in [0.5, 0.6) is 5.75 Å². The fraction of sp³-hybridized carbons (Fsp3) is 0.333. The third-order valence-corrected chi connectivity index (χ3v) is 4.14. The molecule has 20 heavy (non-hydrogen) atoms. The monoisotopic (exact) mass is 288 g/mol. The molecule has 0 unspecified atom stereocenters. The number of alkyl halides is 1. The van der Waals surface area contributed by atoms with Gasteiger partial charge in [-0.15, -0.1) is 11.6 Å². The molecule has 0 aliphatic carbocycles. The van der Waals surface area contributed by atoms with E-state index in [9.17, 15) is 0 Å². The number of hydrogen-bond acceptors (Lipinski definition) is 1. The van der Waals surface area contributed by atoms with Crippen molar-refractivity contribution in [2.75, 3.05) is 13.0 Å². The first-order valence-electron chi connectivity index (χ1n) is 6.84. The molecule has 0 aliphatic rings. The molecule has 0 bridgehead atoms. The van der Waals surface area contributed by atoms with E-state index in [4.69, 9.17) is 16.3 Å². The van der Waals surface area contributed by atoms with Gasteiger partial charge in [0.05, 0.1) is 7.11 Å². The van der Waals surface area contributed by atoms with Gasteiger partial charge in [0.25, 0.3) is 0 Å². The first-order chi connectivity index (χ1) is 9.55. The topological polar surface area (TPSA) is 9.23 Å². The quantitative estimate of drug-likeness (QED) is 0.690.